The van der Waals surface area contributed by atoms with E-state index in [1.54, 1.807) is 37.3 Å². The molecule has 0 saturated carbocycles. The quantitative estimate of drug-likeness (QED) is 0.621. The van der Waals surface area contributed by atoms with E-state index in [-0.39, 0.29) is 6.61 Å². The monoisotopic (exact) mass is 403 g/mol. The first-order valence-electron chi connectivity index (χ1n) is 8.30. The summed E-state index contributed by atoms with van der Waals surface area (Å²) in [4.78, 5) is 11.7. The molecule has 148 valence electrons. The Morgan fingerprint density at radius 3 is 2.46 bits per heavy atom. The third-order valence-corrected chi connectivity index (χ3v) is 4.18. The summed E-state index contributed by atoms with van der Waals surface area (Å²) < 4.78 is 32.7. The fraction of sp³-hybridized carbons (Fsp3) is 0.263. The number of carboxylic acids is 1. The number of anilines is 1. The first-order valence-corrected chi connectivity index (χ1v) is 10.1. The SMILES string of the molecule is CCOc1cc(COS(C)(=O)=O)cc(C(Nc2ccc(C#N)cc2)C(=O)[O-])c1. The number of hydrogen-bond donors (Lipinski definition) is 1. The van der Waals surface area contributed by atoms with Gasteiger partial charge in [0.1, 0.15) is 5.75 Å². The molecular weight excluding hydrogens is 384 g/mol. The Labute approximate surface area is 163 Å². The molecule has 0 aromatic heterocycles. The van der Waals surface area contributed by atoms with Gasteiger partial charge in [0.15, 0.2) is 0 Å². The maximum Gasteiger partial charge on any atom is 0.264 e. The van der Waals surface area contributed by atoms with E-state index in [9.17, 15) is 18.3 Å². The van der Waals surface area contributed by atoms with Gasteiger partial charge in [0.2, 0.25) is 0 Å². The zero-order chi connectivity index (χ0) is 20.7. The van der Waals surface area contributed by atoms with Crippen LogP contribution in [0.4, 0.5) is 5.69 Å². The van der Waals surface area contributed by atoms with Crippen LogP contribution in [-0.4, -0.2) is 27.2 Å². The lowest BCUT2D eigenvalue weighted by molar-refractivity contribution is -0.307. The van der Waals surface area contributed by atoms with Gasteiger partial charge in [-0.3, -0.25) is 4.18 Å². The predicted octanol–water partition coefficient (Wildman–Crippen LogP) is 1.34. The average Bonchev–Trinajstić information content (AvgIpc) is 2.64. The van der Waals surface area contributed by atoms with Crippen molar-refractivity contribution in [2.45, 2.75) is 19.6 Å². The Balaban J connectivity index is 2.36. The largest absolute Gasteiger partial charge is 0.548 e. The molecular formula is C19H19N2O6S-. The molecule has 0 fully saturated rings. The number of nitriles is 1. The van der Waals surface area contributed by atoms with Crippen molar-refractivity contribution in [1.29, 1.82) is 5.26 Å². The lowest BCUT2D eigenvalue weighted by Gasteiger charge is -2.23. The molecule has 1 atom stereocenters. The van der Waals surface area contributed by atoms with E-state index in [0.717, 1.165) is 6.26 Å². The molecule has 0 aliphatic rings. The maximum atomic E-state index is 11.7. The second kappa shape index (κ2) is 9.21. The van der Waals surface area contributed by atoms with Crippen LogP contribution in [0, 0.1) is 11.3 Å². The Morgan fingerprint density at radius 2 is 1.93 bits per heavy atom. The summed E-state index contributed by atoms with van der Waals surface area (Å²) in [5.41, 5.74) is 1.65. The van der Waals surface area contributed by atoms with Crippen molar-refractivity contribution in [3.8, 4) is 11.8 Å². The van der Waals surface area contributed by atoms with Crippen molar-refractivity contribution < 1.29 is 27.2 Å². The molecule has 0 saturated heterocycles. The molecule has 0 bridgehead atoms. The number of nitrogens with one attached hydrogen (secondary N) is 1. The first kappa shape index (κ1) is 21.2. The minimum Gasteiger partial charge on any atom is -0.548 e. The van der Waals surface area contributed by atoms with Crippen LogP contribution < -0.4 is 15.2 Å². The van der Waals surface area contributed by atoms with E-state index in [4.69, 9.17) is 14.2 Å². The fourth-order valence-electron chi connectivity index (χ4n) is 2.45. The molecule has 1 unspecified atom stereocenters. The van der Waals surface area contributed by atoms with Gasteiger partial charge >= 0.3 is 0 Å². The van der Waals surface area contributed by atoms with E-state index in [1.807, 2.05) is 6.07 Å². The van der Waals surface area contributed by atoms with Gasteiger partial charge in [0.05, 0.1) is 43.1 Å². The van der Waals surface area contributed by atoms with Crippen LogP contribution in [0.5, 0.6) is 5.75 Å². The van der Waals surface area contributed by atoms with E-state index >= 15 is 0 Å². The highest BCUT2D eigenvalue weighted by molar-refractivity contribution is 7.85. The summed E-state index contributed by atoms with van der Waals surface area (Å²) in [6, 6.07) is 11.6. The van der Waals surface area contributed by atoms with Crippen LogP contribution in [0.1, 0.15) is 29.7 Å². The number of hydrogen-bond acceptors (Lipinski definition) is 8. The smallest absolute Gasteiger partial charge is 0.264 e. The number of nitrogens with zero attached hydrogens (tertiary/aromatic N) is 1. The summed E-state index contributed by atoms with van der Waals surface area (Å²) >= 11 is 0. The van der Waals surface area contributed by atoms with Gasteiger partial charge in [-0.25, -0.2) is 0 Å². The topological polar surface area (TPSA) is 129 Å². The van der Waals surface area contributed by atoms with E-state index in [2.05, 4.69) is 5.32 Å². The molecule has 2 aromatic carbocycles. The molecule has 2 aromatic rings. The molecule has 0 amide bonds. The van der Waals surface area contributed by atoms with Crippen LogP contribution in [-0.2, 0) is 25.7 Å². The Kier molecular flexibility index (Phi) is 6.98. The number of benzene rings is 2. The predicted molar refractivity (Wildman–Crippen MR) is 99.8 cm³/mol. The Bertz CT molecular complexity index is 980. The number of ether oxygens (including phenoxy) is 1. The zero-order valence-corrected chi connectivity index (χ0v) is 16.2. The normalized spacial score (nSPS) is 12.0. The van der Waals surface area contributed by atoms with Gasteiger partial charge < -0.3 is 20.0 Å². The van der Waals surface area contributed by atoms with E-state index in [1.165, 1.54) is 12.1 Å². The molecule has 0 heterocycles. The molecule has 28 heavy (non-hydrogen) atoms. The van der Waals surface area contributed by atoms with E-state index < -0.39 is 22.1 Å². The van der Waals surface area contributed by atoms with Crippen LogP contribution in [0.2, 0.25) is 0 Å². The second-order valence-corrected chi connectivity index (χ2v) is 7.54. The molecule has 2 rings (SSSR count). The van der Waals surface area contributed by atoms with Crippen molar-refractivity contribution >= 4 is 21.8 Å². The lowest BCUT2D eigenvalue weighted by Crippen LogP contribution is -2.34. The van der Waals surface area contributed by atoms with E-state index in [0.29, 0.717) is 34.7 Å². The third-order valence-electron chi connectivity index (χ3n) is 3.63. The van der Waals surface area contributed by atoms with Crippen LogP contribution in [0.25, 0.3) is 0 Å². The van der Waals surface area contributed by atoms with Crippen molar-refractivity contribution in [2.24, 2.45) is 0 Å². The molecule has 1 N–H and O–H groups in total. The van der Waals surface area contributed by atoms with Crippen LogP contribution >= 0.6 is 0 Å². The summed E-state index contributed by atoms with van der Waals surface area (Å²) in [7, 11) is -3.66. The van der Waals surface area contributed by atoms with Crippen molar-refractivity contribution in [3.63, 3.8) is 0 Å². The average molecular weight is 403 g/mol. The summed E-state index contributed by atoms with van der Waals surface area (Å²) in [5, 5.41) is 23.4. The Morgan fingerprint density at radius 1 is 1.25 bits per heavy atom. The van der Waals surface area contributed by atoms with Gasteiger partial charge in [-0.15, -0.1) is 0 Å². The molecule has 0 radical (unpaired) electrons. The number of aliphatic carboxylic acids is 1. The second-order valence-electron chi connectivity index (χ2n) is 5.90. The molecule has 0 aliphatic heterocycles. The number of carbonyl (C=O) groups is 1. The minimum absolute atomic E-state index is 0.261. The molecule has 8 nitrogen and oxygen atoms in total. The van der Waals surface area contributed by atoms with Gasteiger partial charge in [0.25, 0.3) is 10.1 Å². The third kappa shape index (κ3) is 6.26. The first-order chi connectivity index (χ1) is 13.2. The fourth-order valence-corrected chi connectivity index (χ4v) is 2.80. The van der Waals surface area contributed by atoms with Crippen LogP contribution in [0.3, 0.4) is 0 Å². The minimum atomic E-state index is -3.66. The highest BCUT2D eigenvalue weighted by atomic mass is 32.2. The van der Waals surface area contributed by atoms with Crippen molar-refractivity contribution in [1.82, 2.24) is 0 Å². The summed E-state index contributed by atoms with van der Waals surface area (Å²) in [6.07, 6.45) is 0.927. The molecule has 0 spiro atoms. The number of carbonyl (C=O) groups excluding carboxylic acids is 1. The lowest BCUT2D eigenvalue weighted by atomic mass is 10.0. The number of carboxylic acid groups (broad SMARTS) is 1. The van der Waals surface area contributed by atoms with Crippen molar-refractivity contribution in [3.05, 3.63) is 59.2 Å². The molecule has 9 heteroatoms. The summed E-state index contributed by atoms with van der Waals surface area (Å²) in [6.45, 7) is 1.85. The van der Waals surface area contributed by atoms with Crippen molar-refractivity contribution in [2.75, 3.05) is 18.2 Å². The highest BCUT2D eigenvalue weighted by Crippen LogP contribution is 2.26. The van der Waals surface area contributed by atoms with Gasteiger partial charge in [-0.1, -0.05) is 6.07 Å². The van der Waals surface area contributed by atoms with Gasteiger partial charge in [0, 0.05) is 5.69 Å². The molecule has 0 aliphatic carbocycles. The van der Waals surface area contributed by atoms with Gasteiger partial charge in [-0.2, -0.15) is 13.7 Å². The zero-order valence-electron chi connectivity index (χ0n) is 15.3. The van der Waals surface area contributed by atoms with Crippen LogP contribution in [0.15, 0.2) is 42.5 Å². The van der Waals surface area contributed by atoms with Gasteiger partial charge in [-0.05, 0) is 54.4 Å². The standard InChI is InChI=1S/C19H20N2O6S/c1-3-26-17-9-14(12-27-28(2,24)25)8-15(10-17)18(19(22)23)21-16-6-4-13(11-20)5-7-16/h4-10,18,21H,3,12H2,1-2H3,(H,22,23)/p-1. The number of rotatable bonds is 9. The highest BCUT2D eigenvalue weighted by Gasteiger charge is 2.16. The maximum absolute atomic E-state index is 11.7. The Hall–Kier alpha value is -3.09. The summed E-state index contributed by atoms with van der Waals surface area (Å²) in [5.74, 6) is -1.01.